The van der Waals surface area contributed by atoms with Crippen molar-refractivity contribution in [2.75, 3.05) is 6.56 Å². The molecule has 3 atom stereocenters. The molecule has 0 radical (unpaired) electrons. The van der Waals surface area contributed by atoms with E-state index in [0.29, 0.717) is 6.42 Å². The van der Waals surface area contributed by atoms with Crippen molar-refractivity contribution in [2.24, 2.45) is 5.73 Å². The Hall–Kier alpha value is -0.160. The van der Waals surface area contributed by atoms with Crippen molar-refractivity contribution in [2.45, 2.75) is 44.4 Å². The molecule has 4 nitrogen and oxygen atoms in total. The lowest BCUT2D eigenvalue weighted by Crippen LogP contribution is -2.45. The van der Waals surface area contributed by atoms with Gasteiger partial charge in [-0.1, -0.05) is 19.8 Å². The number of aliphatic hydroxyl groups excluding tert-OH is 2. The van der Waals surface area contributed by atoms with Gasteiger partial charge >= 0.3 is 0 Å². The summed E-state index contributed by atoms with van der Waals surface area (Å²) in [6.07, 6.45) is -0.597. The maximum Gasteiger partial charge on any atom is 0.0971 e. The molecule has 1 unspecified atom stereocenters. The molecular formula is C8H19NO3. The van der Waals surface area contributed by atoms with Gasteiger partial charge in [-0.2, -0.15) is 0 Å². The predicted molar refractivity (Wildman–Crippen MR) is 46.6 cm³/mol. The van der Waals surface area contributed by atoms with Crippen molar-refractivity contribution in [1.29, 1.82) is 0 Å². The number of rotatable bonds is 6. The standard InChI is InChI=1S/C8H19NO3/c1-2-3-4-7(11)8(12)6(9)5-10/h6-8,10-12H,2-5,9H2,1H3/t6?,7-,8+/m0/s1/i5+1D2,6+1. The summed E-state index contributed by atoms with van der Waals surface area (Å²) in [5, 5.41) is 27.6. The van der Waals surface area contributed by atoms with Crippen molar-refractivity contribution < 1.29 is 18.1 Å². The smallest absolute Gasteiger partial charge is 0.0971 e. The van der Waals surface area contributed by atoms with Crippen LogP contribution in [0.3, 0.4) is 0 Å². The topological polar surface area (TPSA) is 86.7 Å². The fraction of sp³-hybridized carbons (Fsp3) is 1.00. The number of nitrogens with two attached hydrogens (primary N) is 1. The van der Waals surface area contributed by atoms with Crippen molar-refractivity contribution >= 4 is 0 Å². The lowest BCUT2D eigenvalue weighted by Gasteiger charge is -2.21. The van der Waals surface area contributed by atoms with E-state index in [1.807, 2.05) is 6.92 Å². The van der Waals surface area contributed by atoms with Gasteiger partial charge in [-0.05, 0) is 6.42 Å². The Morgan fingerprint density at radius 2 is 2.08 bits per heavy atom. The second-order valence-corrected chi connectivity index (χ2v) is 2.86. The van der Waals surface area contributed by atoms with Crippen LogP contribution in [0.4, 0.5) is 0 Å². The Balaban J connectivity index is 4.10. The van der Waals surface area contributed by atoms with Crippen LogP contribution >= 0.6 is 0 Å². The minimum atomic E-state index is -2.67. The van der Waals surface area contributed by atoms with Gasteiger partial charge in [0.25, 0.3) is 0 Å². The lowest BCUT2D eigenvalue weighted by molar-refractivity contribution is -0.0119. The van der Waals surface area contributed by atoms with Crippen LogP contribution in [0.2, 0.25) is 0 Å². The van der Waals surface area contributed by atoms with E-state index in [4.69, 9.17) is 13.6 Å². The van der Waals surface area contributed by atoms with Gasteiger partial charge in [-0.3, -0.25) is 0 Å². The molecule has 0 rings (SSSR count). The van der Waals surface area contributed by atoms with Gasteiger partial charge in [0.1, 0.15) is 0 Å². The summed E-state index contributed by atoms with van der Waals surface area (Å²) >= 11 is 0. The van der Waals surface area contributed by atoms with Crippen molar-refractivity contribution in [3.63, 3.8) is 0 Å². The molecule has 0 aromatic carbocycles. The molecule has 0 aliphatic heterocycles. The maximum absolute atomic E-state index is 9.37. The van der Waals surface area contributed by atoms with E-state index in [-0.39, 0.29) is 0 Å². The minimum Gasteiger partial charge on any atom is -0.395 e. The highest BCUT2D eigenvalue weighted by atomic mass is 16.4. The highest BCUT2D eigenvalue weighted by Gasteiger charge is 2.21. The van der Waals surface area contributed by atoms with E-state index in [2.05, 4.69) is 0 Å². The highest BCUT2D eigenvalue weighted by Crippen LogP contribution is 2.06. The Morgan fingerprint density at radius 1 is 1.50 bits per heavy atom. The monoisotopic (exact) mass is 181 g/mol. The number of unbranched alkanes of at least 4 members (excludes halogenated alkanes) is 1. The molecular weight excluding hydrogens is 160 g/mol. The van der Waals surface area contributed by atoms with E-state index in [1.54, 1.807) is 0 Å². The van der Waals surface area contributed by atoms with Crippen LogP contribution in [0.1, 0.15) is 28.9 Å². The molecule has 0 fully saturated rings. The van der Waals surface area contributed by atoms with Crippen LogP contribution in [0.5, 0.6) is 0 Å². The van der Waals surface area contributed by atoms with Crippen molar-refractivity contribution in [3.8, 4) is 0 Å². The van der Waals surface area contributed by atoms with Gasteiger partial charge in [0.15, 0.2) is 0 Å². The van der Waals surface area contributed by atoms with E-state index in [1.165, 1.54) is 0 Å². The largest absolute Gasteiger partial charge is 0.395 e. The van der Waals surface area contributed by atoms with E-state index >= 15 is 0 Å². The number of hydrogen-bond acceptors (Lipinski definition) is 4. The van der Waals surface area contributed by atoms with Gasteiger partial charge in [0.2, 0.25) is 0 Å². The molecule has 74 valence electrons. The quantitative estimate of drug-likeness (QED) is 0.405. The van der Waals surface area contributed by atoms with Crippen LogP contribution in [-0.4, -0.2) is 40.1 Å². The SMILES string of the molecule is [2H][13C]([2H])(O)[13CH](N)[C@@H](O)[C@@H](O)CCCC. The van der Waals surface area contributed by atoms with Gasteiger partial charge in [0.05, 0.1) is 27.6 Å². The number of aliphatic hydroxyl groups is 3. The average Bonchev–Trinajstić information content (AvgIpc) is 2.10. The normalized spacial score (nSPS) is 22.4. The molecule has 0 aromatic rings. The molecule has 12 heavy (non-hydrogen) atoms. The fourth-order valence-corrected chi connectivity index (χ4v) is 0.900. The molecule has 0 aliphatic carbocycles. The van der Waals surface area contributed by atoms with E-state index in [0.717, 1.165) is 12.8 Å². The predicted octanol–water partition coefficient (Wildman–Crippen LogP) is -0.782. The summed E-state index contributed by atoms with van der Waals surface area (Å²) in [5.41, 5.74) is 5.23. The molecule has 0 saturated heterocycles. The van der Waals surface area contributed by atoms with Gasteiger partial charge < -0.3 is 21.1 Å². The summed E-state index contributed by atoms with van der Waals surface area (Å²) in [7, 11) is 0. The van der Waals surface area contributed by atoms with Crippen LogP contribution in [0.25, 0.3) is 0 Å². The van der Waals surface area contributed by atoms with Crippen LogP contribution in [0.15, 0.2) is 0 Å². The molecule has 0 aliphatic rings. The zero-order valence-electron chi connectivity index (χ0n) is 9.27. The summed E-state index contributed by atoms with van der Waals surface area (Å²) in [4.78, 5) is 0. The van der Waals surface area contributed by atoms with Crippen LogP contribution in [0, 0.1) is 0 Å². The maximum atomic E-state index is 9.37. The third kappa shape index (κ3) is 4.01. The first kappa shape index (κ1) is 8.44. The van der Waals surface area contributed by atoms with Crippen molar-refractivity contribution in [1.82, 2.24) is 0 Å². The summed E-state index contributed by atoms with van der Waals surface area (Å²) in [5.74, 6) is 0. The first-order valence-electron chi connectivity index (χ1n) is 5.14. The minimum absolute atomic E-state index is 0.349. The molecule has 0 amide bonds. The average molecular weight is 181 g/mol. The molecule has 5 N–H and O–H groups in total. The Kier molecular flexibility index (Phi) is 4.48. The molecule has 0 aromatic heterocycles. The summed E-state index contributed by atoms with van der Waals surface area (Å²) in [6, 6.07) is -1.49. The zero-order valence-corrected chi connectivity index (χ0v) is 7.27. The first-order valence-corrected chi connectivity index (χ1v) is 4.14. The Morgan fingerprint density at radius 3 is 2.50 bits per heavy atom. The van der Waals surface area contributed by atoms with Gasteiger partial charge in [0, 0.05) is 0 Å². The second kappa shape index (κ2) is 6.37. The second-order valence-electron chi connectivity index (χ2n) is 2.86. The molecule has 0 saturated carbocycles. The lowest BCUT2D eigenvalue weighted by atomic mass is 10.1. The fourth-order valence-electron chi connectivity index (χ4n) is 0.900. The third-order valence-electron chi connectivity index (χ3n) is 1.76. The first-order chi connectivity index (χ1) is 6.30. The number of hydrogen-bond donors (Lipinski definition) is 4. The van der Waals surface area contributed by atoms with Gasteiger partial charge in [-0.15, -0.1) is 0 Å². The van der Waals surface area contributed by atoms with E-state index in [9.17, 15) is 10.2 Å². The van der Waals surface area contributed by atoms with E-state index < -0.39 is 24.8 Å². The third-order valence-corrected chi connectivity index (χ3v) is 1.76. The Bertz CT molecular complexity index is 163. The molecule has 0 bridgehead atoms. The molecule has 4 heteroatoms. The van der Waals surface area contributed by atoms with Crippen LogP contribution < -0.4 is 5.73 Å². The van der Waals surface area contributed by atoms with Crippen molar-refractivity contribution in [3.05, 3.63) is 0 Å². The molecule has 0 spiro atoms. The summed E-state index contributed by atoms with van der Waals surface area (Å²) in [6.45, 7) is -0.739. The van der Waals surface area contributed by atoms with Gasteiger partial charge in [-0.25, -0.2) is 0 Å². The highest BCUT2D eigenvalue weighted by molar-refractivity contribution is 4.77. The van der Waals surface area contributed by atoms with Crippen LogP contribution in [-0.2, 0) is 0 Å². The summed E-state index contributed by atoms with van der Waals surface area (Å²) < 4.78 is 13.7. The Labute approximate surface area is 75.8 Å². The zero-order chi connectivity index (χ0) is 11.4. The molecule has 0 heterocycles.